The molecule has 0 aliphatic carbocycles. The third kappa shape index (κ3) is 5.88. The van der Waals surface area contributed by atoms with Gasteiger partial charge in [-0.15, -0.1) is 0 Å². The lowest BCUT2D eigenvalue weighted by Crippen LogP contribution is -2.52. The molecule has 1 aromatic carbocycles. The van der Waals surface area contributed by atoms with Crippen molar-refractivity contribution in [3.63, 3.8) is 0 Å². The van der Waals surface area contributed by atoms with E-state index in [0.717, 1.165) is 49.5 Å². The molecule has 1 saturated heterocycles. The Balaban J connectivity index is 1.74. The second kappa shape index (κ2) is 11.5. The molecule has 32 heavy (non-hydrogen) atoms. The van der Waals surface area contributed by atoms with Crippen LogP contribution in [0.3, 0.4) is 0 Å². The number of carbonyl (C=O) groups excluding carboxylic acids is 3. The van der Waals surface area contributed by atoms with Crippen molar-refractivity contribution in [3.05, 3.63) is 29.3 Å². The van der Waals surface area contributed by atoms with E-state index in [1.807, 2.05) is 12.1 Å². The number of anilines is 1. The predicted octanol–water partition coefficient (Wildman–Crippen LogP) is 3.21. The molecule has 0 radical (unpaired) electrons. The van der Waals surface area contributed by atoms with Crippen molar-refractivity contribution in [1.82, 2.24) is 10.2 Å². The Morgan fingerprint density at radius 1 is 1.09 bits per heavy atom. The van der Waals surface area contributed by atoms with Crippen LogP contribution in [-0.4, -0.2) is 48.3 Å². The summed E-state index contributed by atoms with van der Waals surface area (Å²) in [6, 6.07) is 5.31. The number of nitrogens with two attached hydrogens (primary N) is 1. The average molecular weight is 443 g/mol. The van der Waals surface area contributed by atoms with Crippen molar-refractivity contribution in [1.29, 1.82) is 0 Å². The zero-order valence-corrected chi connectivity index (χ0v) is 19.6. The maximum atomic E-state index is 13.1. The molecule has 2 heterocycles. The topological polar surface area (TPSA) is 95.7 Å². The summed E-state index contributed by atoms with van der Waals surface area (Å²) in [5, 5.41) is 2.38. The minimum absolute atomic E-state index is 0.116. The summed E-state index contributed by atoms with van der Waals surface area (Å²) in [6.45, 7) is 7.47. The molecule has 1 unspecified atom stereocenters. The summed E-state index contributed by atoms with van der Waals surface area (Å²) in [5.41, 5.74) is 8.49. The quantitative estimate of drug-likeness (QED) is 0.383. The summed E-state index contributed by atoms with van der Waals surface area (Å²) in [5.74, 6) is -0.0129. The van der Waals surface area contributed by atoms with Gasteiger partial charge in [0.05, 0.1) is 0 Å². The largest absolute Gasteiger partial charge is 0.371 e. The van der Waals surface area contributed by atoms with Gasteiger partial charge in [-0.1, -0.05) is 39.2 Å². The highest BCUT2D eigenvalue weighted by Crippen LogP contribution is 2.34. The van der Waals surface area contributed by atoms with Gasteiger partial charge in [-0.05, 0) is 50.3 Å². The second-order valence-electron chi connectivity index (χ2n) is 9.43. The standard InChI is InChI=1S/C25H38N4O3/c1-18(2)9-4-3-6-15-28(16-7-5-14-26)21-11-8-10-19-20(21)17-29(25(19)32)22-12-13-23(30)27-24(22)31/h8,10-11,18,22H,3-7,9,12-17,26H2,1-2H3,(H,27,30,31). The molecular weight excluding hydrogens is 404 g/mol. The van der Waals surface area contributed by atoms with Crippen LogP contribution in [-0.2, 0) is 16.1 Å². The zero-order valence-electron chi connectivity index (χ0n) is 19.6. The number of rotatable bonds is 12. The van der Waals surface area contributed by atoms with E-state index in [2.05, 4.69) is 30.1 Å². The molecular formula is C25H38N4O3. The predicted molar refractivity (Wildman–Crippen MR) is 126 cm³/mol. The van der Waals surface area contributed by atoms with Gasteiger partial charge in [-0.2, -0.15) is 0 Å². The highest BCUT2D eigenvalue weighted by molar-refractivity contribution is 6.06. The fourth-order valence-corrected chi connectivity index (χ4v) is 4.70. The molecule has 7 heteroatoms. The minimum Gasteiger partial charge on any atom is -0.371 e. The van der Waals surface area contributed by atoms with Crippen LogP contribution in [0.2, 0.25) is 0 Å². The van der Waals surface area contributed by atoms with Crippen molar-refractivity contribution in [2.45, 2.75) is 77.8 Å². The first-order chi connectivity index (χ1) is 15.4. The molecule has 176 valence electrons. The van der Waals surface area contributed by atoms with Gasteiger partial charge >= 0.3 is 0 Å². The van der Waals surface area contributed by atoms with E-state index in [1.165, 1.54) is 19.3 Å². The third-order valence-corrected chi connectivity index (χ3v) is 6.49. The number of unbranched alkanes of at least 4 members (excludes halogenated alkanes) is 3. The number of benzene rings is 1. The van der Waals surface area contributed by atoms with Crippen molar-refractivity contribution in [3.8, 4) is 0 Å². The third-order valence-electron chi connectivity index (χ3n) is 6.49. The fraction of sp³-hybridized carbons (Fsp3) is 0.640. The lowest BCUT2D eigenvalue weighted by Gasteiger charge is -2.30. The first-order valence-electron chi connectivity index (χ1n) is 12.1. The number of fused-ring (bicyclic) bond motifs is 1. The summed E-state index contributed by atoms with van der Waals surface area (Å²) in [4.78, 5) is 41.1. The molecule has 7 nitrogen and oxygen atoms in total. The van der Waals surface area contributed by atoms with E-state index in [0.29, 0.717) is 25.1 Å². The van der Waals surface area contributed by atoms with E-state index < -0.39 is 6.04 Å². The summed E-state index contributed by atoms with van der Waals surface area (Å²) in [6.07, 6.45) is 7.44. The molecule has 0 bridgehead atoms. The Labute approximate surface area is 191 Å². The van der Waals surface area contributed by atoms with Crippen LogP contribution in [0.4, 0.5) is 5.69 Å². The lowest BCUT2D eigenvalue weighted by molar-refractivity contribution is -0.136. The first-order valence-corrected chi connectivity index (χ1v) is 12.1. The van der Waals surface area contributed by atoms with Crippen LogP contribution in [0.1, 0.15) is 81.1 Å². The van der Waals surface area contributed by atoms with Crippen LogP contribution in [0.25, 0.3) is 0 Å². The Morgan fingerprint density at radius 2 is 1.84 bits per heavy atom. The number of hydrogen-bond donors (Lipinski definition) is 2. The zero-order chi connectivity index (χ0) is 23.1. The van der Waals surface area contributed by atoms with Gasteiger partial charge in [-0.25, -0.2) is 0 Å². The maximum absolute atomic E-state index is 13.1. The summed E-state index contributed by atoms with van der Waals surface area (Å²) < 4.78 is 0. The molecule has 2 aliphatic rings. The SMILES string of the molecule is CC(C)CCCCCN(CCCCN)c1cccc2c1CN(C1CCC(=O)NC1=O)C2=O. The maximum Gasteiger partial charge on any atom is 0.255 e. The van der Waals surface area contributed by atoms with Gasteiger partial charge in [0, 0.05) is 42.9 Å². The van der Waals surface area contributed by atoms with Gasteiger partial charge in [0.1, 0.15) is 6.04 Å². The van der Waals surface area contributed by atoms with Gasteiger partial charge in [0.25, 0.3) is 5.91 Å². The second-order valence-corrected chi connectivity index (χ2v) is 9.43. The summed E-state index contributed by atoms with van der Waals surface area (Å²) in [7, 11) is 0. The molecule has 1 atom stereocenters. The number of nitrogens with zero attached hydrogens (tertiary/aromatic N) is 2. The summed E-state index contributed by atoms with van der Waals surface area (Å²) >= 11 is 0. The molecule has 1 aromatic rings. The van der Waals surface area contributed by atoms with Gasteiger partial charge in [-0.3, -0.25) is 19.7 Å². The smallest absolute Gasteiger partial charge is 0.255 e. The number of imide groups is 1. The molecule has 2 aliphatic heterocycles. The molecule has 3 amide bonds. The molecule has 0 spiro atoms. The van der Waals surface area contributed by atoms with Crippen LogP contribution in [0.15, 0.2) is 18.2 Å². The van der Waals surface area contributed by atoms with Crippen LogP contribution in [0.5, 0.6) is 0 Å². The average Bonchev–Trinajstić information content (AvgIpc) is 3.09. The monoisotopic (exact) mass is 442 g/mol. The van der Waals surface area contributed by atoms with E-state index in [1.54, 1.807) is 4.90 Å². The van der Waals surface area contributed by atoms with E-state index in [9.17, 15) is 14.4 Å². The molecule has 0 saturated carbocycles. The van der Waals surface area contributed by atoms with Crippen molar-refractivity contribution in [2.24, 2.45) is 11.7 Å². The van der Waals surface area contributed by atoms with Gasteiger partial charge < -0.3 is 15.5 Å². The number of amides is 3. The molecule has 0 aromatic heterocycles. The van der Waals surface area contributed by atoms with Crippen molar-refractivity contribution >= 4 is 23.4 Å². The highest BCUT2D eigenvalue weighted by atomic mass is 16.2. The Hall–Kier alpha value is -2.41. The molecule has 3 rings (SSSR count). The van der Waals surface area contributed by atoms with Crippen LogP contribution < -0.4 is 16.0 Å². The van der Waals surface area contributed by atoms with Crippen LogP contribution >= 0.6 is 0 Å². The number of carbonyl (C=O) groups is 3. The Kier molecular flexibility index (Phi) is 8.67. The number of nitrogens with one attached hydrogen (secondary N) is 1. The molecule has 1 fully saturated rings. The highest BCUT2D eigenvalue weighted by Gasteiger charge is 2.40. The number of piperidine rings is 1. The first kappa shape index (κ1) is 24.2. The number of hydrogen-bond acceptors (Lipinski definition) is 5. The van der Waals surface area contributed by atoms with Crippen molar-refractivity contribution < 1.29 is 14.4 Å². The normalized spacial score (nSPS) is 18.3. The van der Waals surface area contributed by atoms with E-state index in [4.69, 9.17) is 5.73 Å². The lowest BCUT2D eigenvalue weighted by atomic mass is 10.0. The van der Waals surface area contributed by atoms with Gasteiger partial charge in [0.15, 0.2) is 0 Å². The Bertz CT molecular complexity index is 823. The van der Waals surface area contributed by atoms with Crippen LogP contribution in [0, 0.1) is 5.92 Å². The van der Waals surface area contributed by atoms with E-state index >= 15 is 0 Å². The molecule has 3 N–H and O–H groups in total. The minimum atomic E-state index is -0.581. The van der Waals surface area contributed by atoms with Crippen molar-refractivity contribution in [2.75, 3.05) is 24.5 Å². The fourth-order valence-electron chi connectivity index (χ4n) is 4.70. The van der Waals surface area contributed by atoms with E-state index in [-0.39, 0.29) is 24.1 Å². The Morgan fingerprint density at radius 3 is 2.53 bits per heavy atom. The van der Waals surface area contributed by atoms with Gasteiger partial charge in [0.2, 0.25) is 11.8 Å².